The van der Waals surface area contributed by atoms with E-state index < -0.39 is 20.9 Å². The molecule has 0 unspecified atom stereocenters. The maximum Gasteiger partial charge on any atom is 0.270 e. The summed E-state index contributed by atoms with van der Waals surface area (Å²) in [7, 11) is -3.58. The standard InChI is InChI=1S/C22H22N4O5S2/c1-15-9-11-25(12-10-15)33(30,31)19-7-5-16(6-8-19)21(27)24-22-23-20(14-32-22)17-3-2-4-18(13-17)26(28)29/h2-8,13-15H,9-12H2,1H3,(H,23,24,27). The van der Waals surface area contributed by atoms with Crippen molar-refractivity contribution in [3.63, 3.8) is 0 Å². The molecule has 4 rings (SSSR count). The monoisotopic (exact) mass is 486 g/mol. The molecule has 1 fully saturated rings. The molecule has 1 N–H and O–H groups in total. The first-order chi connectivity index (χ1) is 15.7. The van der Waals surface area contributed by atoms with Crippen molar-refractivity contribution in [2.24, 2.45) is 5.92 Å². The molecule has 1 aromatic heterocycles. The summed E-state index contributed by atoms with van der Waals surface area (Å²) in [6, 6.07) is 11.9. The van der Waals surface area contributed by atoms with Gasteiger partial charge in [-0.3, -0.25) is 20.2 Å². The Labute approximate surface area is 195 Å². The zero-order valence-electron chi connectivity index (χ0n) is 17.8. The molecule has 11 heteroatoms. The SMILES string of the molecule is CC1CCN(S(=O)(=O)c2ccc(C(=O)Nc3nc(-c4cccc([N+](=O)[O-])c4)cs3)cc2)CC1. The van der Waals surface area contributed by atoms with E-state index in [9.17, 15) is 23.3 Å². The van der Waals surface area contributed by atoms with Crippen LogP contribution in [0.4, 0.5) is 10.8 Å². The number of aromatic nitrogens is 1. The van der Waals surface area contributed by atoms with E-state index in [-0.39, 0.29) is 10.6 Å². The van der Waals surface area contributed by atoms with Gasteiger partial charge >= 0.3 is 0 Å². The van der Waals surface area contributed by atoms with Crippen LogP contribution in [0.5, 0.6) is 0 Å². The number of carbonyl (C=O) groups is 1. The fourth-order valence-corrected chi connectivity index (χ4v) is 5.75. The zero-order valence-corrected chi connectivity index (χ0v) is 19.4. The fraction of sp³-hybridized carbons (Fsp3) is 0.273. The summed E-state index contributed by atoms with van der Waals surface area (Å²) >= 11 is 1.19. The zero-order chi connectivity index (χ0) is 23.6. The lowest BCUT2D eigenvalue weighted by Crippen LogP contribution is -2.37. The van der Waals surface area contributed by atoms with E-state index in [4.69, 9.17) is 0 Å². The second-order valence-corrected chi connectivity index (χ2v) is 10.7. The number of hydrogen-bond donors (Lipinski definition) is 1. The Kier molecular flexibility index (Phi) is 6.54. The number of nitrogens with one attached hydrogen (secondary N) is 1. The Morgan fingerprint density at radius 2 is 1.88 bits per heavy atom. The molecule has 2 heterocycles. The predicted octanol–water partition coefficient (Wildman–Crippen LogP) is 4.39. The van der Waals surface area contributed by atoms with Crippen molar-refractivity contribution in [3.05, 3.63) is 69.6 Å². The minimum absolute atomic E-state index is 0.0415. The third-order valence-electron chi connectivity index (χ3n) is 5.57. The van der Waals surface area contributed by atoms with Crippen molar-refractivity contribution in [2.45, 2.75) is 24.7 Å². The lowest BCUT2D eigenvalue weighted by Gasteiger charge is -2.29. The number of rotatable bonds is 6. The molecule has 172 valence electrons. The number of benzene rings is 2. The first kappa shape index (κ1) is 23.0. The lowest BCUT2D eigenvalue weighted by atomic mass is 10.0. The molecule has 0 saturated carbocycles. The Balaban J connectivity index is 1.44. The third-order valence-corrected chi connectivity index (χ3v) is 8.24. The summed E-state index contributed by atoms with van der Waals surface area (Å²) in [6.45, 7) is 3.12. The molecule has 33 heavy (non-hydrogen) atoms. The average molecular weight is 487 g/mol. The number of piperidine rings is 1. The number of carbonyl (C=O) groups excluding carboxylic acids is 1. The Hall–Kier alpha value is -3.15. The maximum atomic E-state index is 12.8. The Bertz CT molecular complexity index is 1280. The van der Waals surface area contributed by atoms with Crippen molar-refractivity contribution in [3.8, 4) is 11.3 Å². The van der Waals surface area contributed by atoms with Crippen LogP contribution in [0.25, 0.3) is 11.3 Å². The maximum absolute atomic E-state index is 12.8. The minimum Gasteiger partial charge on any atom is -0.298 e. The van der Waals surface area contributed by atoms with Gasteiger partial charge in [0.2, 0.25) is 10.0 Å². The molecule has 0 atom stereocenters. The van der Waals surface area contributed by atoms with Gasteiger partial charge in [0, 0.05) is 41.7 Å². The van der Waals surface area contributed by atoms with Crippen molar-refractivity contribution in [2.75, 3.05) is 18.4 Å². The van der Waals surface area contributed by atoms with E-state index in [0.717, 1.165) is 12.8 Å². The average Bonchev–Trinajstić information content (AvgIpc) is 3.28. The molecule has 0 spiro atoms. The van der Waals surface area contributed by atoms with E-state index in [1.54, 1.807) is 17.5 Å². The van der Waals surface area contributed by atoms with Crippen molar-refractivity contribution >= 4 is 38.1 Å². The highest BCUT2D eigenvalue weighted by atomic mass is 32.2. The Morgan fingerprint density at radius 3 is 2.55 bits per heavy atom. The number of non-ortho nitro benzene ring substituents is 1. The minimum atomic E-state index is -3.58. The van der Waals surface area contributed by atoms with Gasteiger partial charge in [0.15, 0.2) is 5.13 Å². The lowest BCUT2D eigenvalue weighted by molar-refractivity contribution is -0.384. The van der Waals surface area contributed by atoms with Gasteiger partial charge in [-0.1, -0.05) is 19.1 Å². The van der Waals surface area contributed by atoms with E-state index >= 15 is 0 Å². The molecule has 2 aromatic carbocycles. The number of nitrogens with zero attached hydrogens (tertiary/aromatic N) is 3. The van der Waals surface area contributed by atoms with Crippen LogP contribution >= 0.6 is 11.3 Å². The van der Waals surface area contributed by atoms with Gasteiger partial charge in [-0.2, -0.15) is 4.31 Å². The fourth-order valence-electron chi connectivity index (χ4n) is 3.56. The molecule has 1 amide bonds. The van der Waals surface area contributed by atoms with Crippen LogP contribution in [-0.4, -0.2) is 41.6 Å². The number of nitro groups is 1. The van der Waals surface area contributed by atoms with Gasteiger partial charge in [0.1, 0.15) is 0 Å². The first-order valence-electron chi connectivity index (χ1n) is 10.4. The van der Waals surface area contributed by atoms with Gasteiger partial charge in [-0.05, 0) is 43.0 Å². The second-order valence-electron chi connectivity index (χ2n) is 7.91. The first-order valence-corrected chi connectivity index (χ1v) is 12.7. The summed E-state index contributed by atoms with van der Waals surface area (Å²) < 4.78 is 27.2. The molecule has 9 nitrogen and oxygen atoms in total. The van der Waals surface area contributed by atoms with Crippen LogP contribution in [0, 0.1) is 16.0 Å². The van der Waals surface area contributed by atoms with Gasteiger partial charge in [-0.25, -0.2) is 13.4 Å². The van der Waals surface area contributed by atoms with Crippen LogP contribution in [0.3, 0.4) is 0 Å². The van der Waals surface area contributed by atoms with E-state index in [0.29, 0.717) is 41.0 Å². The number of thiazole rings is 1. The van der Waals surface area contributed by atoms with E-state index in [2.05, 4.69) is 17.2 Å². The van der Waals surface area contributed by atoms with Gasteiger partial charge in [-0.15, -0.1) is 11.3 Å². The quantitative estimate of drug-likeness (QED) is 0.407. The molecule has 0 radical (unpaired) electrons. The molecule has 1 saturated heterocycles. The van der Waals surface area contributed by atoms with Crippen LogP contribution in [-0.2, 0) is 10.0 Å². The van der Waals surface area contributed by atoms with Crippen molar-refractivity contribution < 1.29 is 18.1 Å². The van der Waals surface area contributed by atoms with E-state index in [1.807, 2.05) is 0 Å². The molecule has 1 aliphatic heterocycles. The smallest absolute Gasteiger partial charge is 0.270 e. The van der Waals surface area contributed by atoms with Crippen molar-refractivity contribution in [1.82, 2.24) is 9.29 Å². The van der Waals surface area contributed by atoms with Crippen molar-refractivity contribution in [1.29, 1.82) is 0 Å². The number of nitro benzene ring substituents is 1. The normalized spacial score (nSPS) is 15.3. The molecule has 0 aliphatic carbocycles. The number of sulfonamides is 1. The van der Waals surface area contributed by atoms with Gasteiger partial charge < -0.3 is 0 Å². The van der Waals surface area contributed by atoms with Crippen LogP contribution in [0.15, 0.2) is 58.8 Å². The molecule has 3 aromatic rings. The van der Waals surface area contributed by atoms with Gasteiger partial charge in [0.25, 0.3) is 11.6 Å². The second kappa shape index (κ2) is 9.38. The summed E-state index contributed by atoms with van der Waals surface area (Å²) in [4.78, 5) is 27.6. The third kappa shape index (κ3) is 5.10. The summed E-state index contributed by atoms with van der Waals surface area (Å²) in [6.07, 6.45) is 1.68. The highest BCUT2D eigenvalue weighted by molar-refractivity contribution is 7.89. The Morgan fingerprint density at radius 1 is 1.18 bits per heavy atom. The van der Waals surface area contributed by atoms with Crippen LogP contribution in [0.2, 0.25) is 0 Å². The summed E-state index contributed by atoms with van der Waals surface area (Å²) in [5, 5.41) is 15.7. The summed E-state index contributed by atoms with van der Waals surface area (Å²) in [5.41, 5.74) is 1.34. The molecular formula is C22H22N4O5S2. The largest absolute Gasteiger partial charge is 0.298 e. The highest BCUT2D eigenvalue weighted by Crippen LogP contribution is 2.28. The van der Waals surface area contributed by atoms with Crippen LogP contribution in [0.1, 0.15) is 30.1 Å². The van der Waals surface area contributed by atoms with Gasteiger partial charge in [0.05, 0.1) is 15.5 Å². The molecular weight excluding hydrogens is 464 g/mol. The number of amides is 1. The van der Waals surface area contributed by atoms with Crippen LogP contribution < -0.4 is 5.32 Å². The highest BCUT2D eigenvalue weighted by Gasteiger charge is 2.28. The van der Waals surface area contributed by atoms with E-state index in [1.165, 1.54) is 52.0 Å². The molecule has 0 bridgehead atoms. The topological polar surface area (TPSA) is 123 Å². The number of hydrogen-bond acceptors (Lipinski definition) is 7. The molecule has 1 aliphatic rings. The number of anilines is 1. The predicted molar refractivity (Wildman–Crippen MR) is 126 cm³/mol. The summed E-state index contributed by atoms with van der Waals surface area (Å²) in [5.74, 6) is 0.0941.